The summed E-state index contributed by atoms with van der Waals surface area (Å²) in [4.78, 5) is 19.1. The third kappa shape index (κ3) is 3.24. The van der Waals surface area contributed by atoms with Gasteiger partial charge in [0.25, 0.3) is 0 Å². The molecule has 0 radical (unpaired) electrons. The third-order valence-corrected chi connectivity index (χ3v) is 4.35. The summed E-state index contributed by atoms with van der Waals surface area (Å²) in [5.74, 6) is 0.827. The van der Waals surface area contributed by atoms with Crippen molar-refractivity contribution in [3.8, 4) is 22.5 Å². The van der Waals surface area contributed by atoms with Crippen molar-refractivity contribution in [3.05, 3.63) is 54.2 Å². The molecule has 28 heavy (non-hydrogen) atoms. The van der Waals surface area contributed by atoms with Crippen LogP contribution in [0, 0.1) is 5.82 Å². The average molecular weight is 378 g/mol. The minimum absolute atomic E-state index is 0.207. The number of imidazole rings is 1. The van der Waals surface area contributed by atoms with E-state index in [4.69, 9.17) is 0 Å². The number of pyridine rings is 1. The van der Waals surface area contributed by atoms with E-state index in [1.807, 2.05) is 22.7 Å². The van der Waals surface area contributed by atoms with Crippen molar-refractivity contribution in [2.75, 3.05) is 5.32 Å². The number of aromatic amines is 1. The Balaban J connectivity index is 1.89. The molecule has 0 atom stereocenters. The number of halogens is 1. The van der Waals surface area contributed by atoms with E-state index in [0.717, 1.165) is 22.6 Å². The van der Waals surface area contributed by atoms with E-state index in [2.05, 4.69) is 39.3 Å². The highest BCUT2D eigenvalue weighted by atomic mass is 19.1. The van der Waals surface area contributed by atoms with E-state index < -0.39 is 0 Å². The lowest BCUT2D eigenvalue weighted by atomic mass is 10.1. The second-order valence-electron chi connectivity index (χ2n) is 6.86. The quantitative estimate of drug-likeness (QED) is 0.562. The minimum Gasteiger partial charge on any atom is -0.323 e. The highest BCUT2D eigenvalue weighted by Gasteiger charge is 2.17. The van der Waals surface area contributed by atoms with Crippen LogP contribution in [0.1, 0.15) is 32.5 Å². The van der Waals surface area contributed by atoms with Crippen molar-refractivity contribution >= 4 is 17.5 Å². The molecule has 7 nitrogen and oxygen atoms in total. The van der Waals surface area contributed by atoms with Gasteiger partial charge in [-0.05, 0) is 36.4 Å². The Morgan fingerprint density at radius 3 is 2.50 bits per heavy atom. The first kappa shape index (κ1) is 17.8. The molecule has 142 valence electrons. The zero-order chi connectivity index (χ0) is 19.8. The summed E-state index contributed by atoms with van der Waals surface area (Å²) in [6, 6.07) is 9.86. The zero-order valence-corrected chi connectivity index (χ0v) is 15.7. The molecule has 2 N–H and O–H groups in total. The predicted molar refractivity (Wildman–Crippen MR) is 104 cm³/mol. The lowest BCUT2D eigenvalue weighted by Crippen LogP contribution is -2.06. The van der Waals surface area contributed by atoms with Gasteiger partial charge in [0, 0.05) is 30.2 Å². The van der Waals surface area contributed by atoms with Crippen LogP contribution in [-0.2, 0) is 4.79 Å². The van der Waals surface area contributed by atoms with E-state index >= 15 is 0 Å². The highest BCUT2D eigenvalue weighted by molar-refractivity contribution is 5.89. The monoisotopic (exact) mass is 378 g/mol. The molecule has 8 heteroatoms. The maximum atomic E-state index is 13.4. The predicted octanol–water partition coefficient (Wildman–Crippen LogP) is 4.01. The fourth-order valence-corrected chi connectivity index (χ4v) is 3.07. The van der Waals surface area contributed by atoms with Crippen LogP contribution in [0.5, 0.6) is 0 Å². The number of H-pyrrole nitrogens is 1. The van der Waals surface area contributed by atoms with Crippen LogP contribution in [0.25, 0.3) is 28.2 Å². The van der Waals surface area contributed by atoms with Gasteiger partial charge in [-0.3, -0.25) is 14.5 Å². The molecule has 0 fully saturated rings. The topological polar surface area (TPSA) is 88.0 Å². The highest BCUT2D eigenvalue weighted by Crippen LogP contribution is 2.32. The number of nitrogens with zero attached hydrogens (tertiary/aromatic N) is 4. The molecule has 1 aromatic carbocycles. The fourth-order valence-electron chi connectivity index (χ4n) is 3.07. The van der Waals surface area contributed by atoms with Crippen molar-refractivity contribution < 1.29 is 9.18 Å². The maximum absolute atomic E-state index is 13.4. The van der Waals surface area contributed by atoms with Crippen molar-refractivity contribution in [2.45, 2.75) is 26.7 Å². The molecule has 4 rings (SSSR count). The molecular weight excluding hydrogens is 359 g/mol. The van der Waals surface area contributed by atoms with Gasteiger partial charge >= 0.3 is 0 Å². The Labute approximate surface area is 160 Å². The summed E-state index contributed by atoms with van der Waals surface area (Å²) in [6.45, 7) is 5.52. The van der Waals surface area contributed by atoms with Crippen LogP contribution >= 0.6 is 0 Å². The normalized spacial score (nSPS) is 11.3. The van der Waals surface area contributed by atoms with Crippen molar-refractivity contribution in [1.82, 2.24) is 24.6 Å². The third-order valence-electron chi connectivity index (χ3n) is 4.35. The SMILES string of the molecule is CC(=O)Nc1nc(-c2ccc(F)cc2)c(-c2ccc3nnc(C(C)C)n3c2)[nH]1. The summed E-state index contributed by atoms with van der Waals surface area (Å²) in [5, 5.41) is 11.1. The summed E-state index contributed by atoms with van der Waals surface area (Å²) in [6.07, 6.45) is 1.93. The van der Waals surface area contributed by atoms with E-state index in [1.54, 1.807) is 12.1 Å². The number of rotatable bonds is 4. The van der Waals surface area contributed by atoms with Crippen LogP contribution in [0.4, 0.5) is 10.3 Å². The first-order valence-corrected chi connectivity index (χ1v) is 8.91. The molecule has 3 aromatic heterocycles. The molecule has 0 saturated carbocycles. The standard InChI is InChI=1S/C20H19FN6O/c1-11(2)19-26-25-16-9-6-14(10-27(16)19)18-17(13-4-7-15(21)8-5-13)23-20(24-18)22-12(3)28/h4-11H,1-3H3,(H2,22,23,24,28). The molecular formula is C20H19FN6O. The zero-order valence-electron chi connectivity index (χ0n) is 15.7. The molecule has 3 heterocycles. The van der Waals surface area contributed by atoms with E-state index in [-0.39, 0.29) is 17.6 Å². The lowest BCUT2D eigenvalue weighted by Gasteiger charge is -2.07. The summed E-state index contributed by atoms with van der Waals surface area (Å²) >= 11 is 0. The van der Waals surface area contributed by atoms with Gasteiger partial charge in [-0.2, -0.15) is 0 Å². The first-order valence-electron chi connectivity index (χ1n) is 8.91. The Hall–Kier alpha value is -3.55. The van der Waals surface area contributed by atoms with Crippen LogP contribution in [0.3, 0.4) is 0 Å². The molecule has 4 aromatic rings. The van der Waals surface area contributed by atoms with Crippen LogP contribution in [0.2, 0.25) is 0 Å². The minimum atomic E-state index is -0.324. The number of nitrogens with one attached hydrogen (secondary N) is 2. The molecule has 0 aliphatic rings. The van der Waals surface area contributed by atoms with Gasteiger partial charge in [0.15, 0.2) is 5.65 Å². The molecule has 0 saturated heterocycles. The summed E-state index contributed by atoms with van der Waals surface area (Å²) < 4.78 is 15.3. The molecule has 0 unspecified atom stereocenters. The number of hydrogen-bond acceptors (Lipinski definition) is 4. The molecule has 1 amide bonds. The Morgan fingerprint density at radius 1 is 1.11 bits per heavy atom. The number of hydrogen-bond donors (Lipinski definition) is 2. The fraction of sp³-hybridized carbons (Fsp3) is 0.200. The van der Waals surface area contributed by atoms with Gasteiger partial charge in [-0.1, -0.05) is 13.8 Å². The van der Waals surface area contributed by atoms with Gasteiger partial charge < -0.3 is 4.98 Å². The van der Waals surface area contributed by atoms with Crippen LogP contribution in [0.15, 0.2) is 42.6 Å². The number of benzene rings is 1. The molecule has 0 spiro atoms. The first-order chi connectivity index (χ1) is 13.4. The Kier molecular flexibility index (Phi) is 4.38. The second-order valence-corrected chi connectivity index (χ2v) is 6.86. The lowest BCUT2D eigenvalue weighted by molar-refractivity contribution is -0.114. The largest absolute Gasteiger partial charge is 0.323 e. The van der Waals surface area contributed by atoms with Gasteiger partial charge in [0.1, 0.15) is 11.6 Å². The van der Waals surface area contributed by atoms with E-state index in [0.29, 0.717) is 17.3 Å². The van der Waals surface area contributed by atoms with Crippen LogP contribution < -0.4 is 5.32 Å². The molecule has 0 bridgehead atoms. The Bertz CT molecular complexity index is 1160. The number of carbonyl (C=O) groups is 1. The number of fused-ring (bicyclic) bond motifs is 1. The van der Waals surface area contributed by atoms with Gasteiger partial charge in [-0.25, -0.2) is 9.37 Å². The number of anilines is 1. The summed E-state index contributed by atoms with van der Waals surface area (Å²) in [7, 11) is 0. The van der Waals surface area contributed by atoms with Crippen molar-refractivity contribution in [3.63, 3.8) is 0 Å². The van der Waals surface area contributed by atoms with Gasteiger partial charge in [0.05, 0.1) is 11.4 Å². The molecule has 0 aliphatic heterocycles. The van der Waals surface area contributed by atoms with Crippen molar-refractivity contribution in [1.29, 1.82) is 0 Å². The average Bonchev–Trinajstić information content (AvgIpc) is 3.25. The van der Waals surface area contributed by atoms with Gasteiger partial charge in [-0.15, -0.1) is 10.2 Å². The number of carbonyl (C=O) groups excluding carboxylic acids is 1. The van der Waals surface area contributed by atoms with Crippen LogP contribution in [-0.4, -0.2) is 30.5 Å². The number of amides is 1. The number of aromatic nitrogens is 5. The van der Waals surface area contributed by atoms with E-state index in [9.17, 15) is 9.18 Å². The summed E-state index contributed by atoms with van der Waals surface area (Å²) in [5.41, 5.74) is 3.65. The second kappa shape index (κ2) is 6.88. The van der Waals surface area contributed by atoms with Crippen molar-refractivity contribution in [2.24, 2.45) is 0 Å². The van der Waals surface area contributed by atoms with Gasteiger partial charge in [0.2, 0.25) is 11.9 Å². The maximum Gasteiger partial charge on any atom is 0.223 e. The molecule has 0 aliphatic carbocycles. The Morgan fingerprint density at radius 2 is 1.82 bits per heavy atom. The van der Waals surface area contributed by atoms with E-state index in [1.165, 1.54) is 19.1 Å². The smallest absolute Gasteiger partial charge is 0.223 e.